The summed E-state index contributed by atoms with van der Waals surface area (Å²) in [6.07, 6.45) is 8.66. The molecule has 4 bridgehead atoms. The van der Waals surface area contributed by atoms with E-state index in [1.165, 1.54) is 44.1 Å². The molecule has 2 N–H and O–H groups in total. The van der Waals surface area contributed by atoms with Crippen LogP contribution in [-0.2, 0) is 4.79 Å². The topological polar surface area (TPSA) is 46.3 Å². The lowest BCUT2D eigenvalue weighted by Gasteiger charge is -2.63. The summed E-state index contributed by atoms with van der Waals surface area (Å²) in [5, 5.41) is 0. The second-order valence-corrected chi connectivity index (χ2v) is 8.69. The van der Waals surface area contributed by atoms with Crippen LogP contribution < -0.4 is 5.73 Å². The summed E-state index contributed by atoms with van der Waals surface area (Å²) in [5.41, 5.74) is 6.93. The van der Waals surface area contributed by atoms with Crippen molar-refractivity contribution in [1.29, 1.82) is 0 Å². The van der Waals surface area contributed by atoms with Gasteiger partial charge in [-0.2, -0.15) is 0 Å². The van der Waals surface area contributed by atoms with Crippen LogP contribution in [0.5, 0.6) is 0 Å². The van der Waals surface area contributed by atoms with Gasteiger partial charge in [-0.1, -0.05) is 0 Å². The molecule has 106 valence electrons. The molecule has 1 aliphatic heterocycles. The maximum absolute atomic E-state index is 11.8. The molecule has 0 spiro atoms. The number of nitrogens with zero attached hydrogens (tertiary/aromatic N) is 1. The van der Waals surface area contributed by atoms with Crippen LogP contribution in [-0.4, -0.2) is 40.9 Å². The fraction of sp³-hybridized carbons (Fsp3) is 0.933. The number of hydrogen-bond donors (Lipinski definition) is 1. The lowest BCUT2D eigenvalue weighted by molar-refractivity contribution is -0.133. The highest BCUT2D eigenvalue weighted by Gasteiger charge is 2.59. The normalized spacial score (nSPS) is 50.6. The summed E-state index contributed by atoms with van der Waals surface area (Å²) in [4.78, 5) is 14.2. The van der Waals surface area contributed by atoms with Crippen molar-refractivity contribution in [2.24, 2.45) is 23.0 Å². The van der Waals surface area contributed by atoms with Gasteiger partial charge in [0.05, 0.1) is 6.04 Å². The first kappa shape index (κ1) is 12.7. The largest absolute Gasteiger partial charge is 0.325 e. The van der Waals surface area contributed by atoms with E-state index in [0.29, 0.717) is 0 Å². The van der Waals surface area contributed by atoms with Gasteiger partial charge in [0.2, 0.25) is 0 Å². The highest BCUT2D eigenvalue weighted by Crippen LogP contribution is 2.62. The van der Waals surface area contributed by atoms with Crippen molar-refractivity contribution < 1.29 is 4.79 Å². The molecule has 0 aromatic rings. The Balaban J connectivity index is 1.66. The standard InChI is InChI=1S/C15H24N2OS/c16-15-6-11-3-12(7-15)5-14(4-11,9-15)13(8-18)17-1-2-19-10-17/h8,11-13H,1-7,9-10,16H2. The minimum atomic E-state index is 0.0538. The van der Waals surface area contributed by atoms with Gasteiger partial charge >= 0.3 is 0 Å². The van der Waals surface area contributed by atoms with Gasteiger partial charge in [-0.15, -0.1) is 11.8 Å². The first-order valence-corrected chi connectivity index (χ1v) is 8.84. The smallest absolute Gasteiger partial charge is 0.137 e. The Morgan fingerprint density at radius 1 is 1.26 bits per heavy atom. The molecule has 3 unspecified atom stereocenters. The third-order valence-corrected chi connectivity index (χ3v) is 7.07. The summed E-state index contributed by atoms with van der Waals surface area (Å²) in [6, 6.07) is 0.135. The first-order chi connectivity index (χ1) is 9.12. The van der Waals surface area contributed by atoms with Crippen molar-refractivity contribution in [3.8, 4) is 0 Å². The maximum Gasteiger partial charge on any atom is 0.137 e. The zero-order valence-electron chi connectivity index (χ0n) is 11.5. The zero-order valence-corrected chi connectivity index (χ0v) is 12.3. The van der Waals surface area contributed by atoms with Crippen LogP contribution in [0.2, 0.25) is 0 Å². The molecule has 1 heterocycles. The molecule has 4 saturated carbocycles. The van der Waals surface area contributed by atoms with E-state index >= 15 is 0 Å². The third kappa shape index (κ3) is 1.90. The first-order valence-electron chi connectivity index (χ1n) is 7.69. The van der Waals surface area contributed by atoms with E-state index in [2.05, 4.69) is 4.90 Å². The summed E-state index contributed by atoms with van der Waals surface area (Å²) < 4.78 is 0. The van der Waals surface area contributed by atoms with Crippen LogP contribution in [0.15, 0.2) is 0 Å². The predicted octanol–water partition coefficient (Wildman–Crippen LogP) is 1.86. The quantitative estimate of drug-likeness (QED) is 0.802. The average molecular weight is 280 g/mol. The molecule has 0 amide bonds. The van der Waals surface area contributed by atoms with E-state index in [0.717, 1.165) is 30.7 Å². The van der Waals surface area contributed by atoms with Gasteiger partial charge in [0, 0.05) is 23.7 Å². The molecule has 4 aliphatic carbocycles. The van der Waals surface area contributed by atoms with Crippen molar-refractivity contribution in [2.45, 2.75) is 50.1 Å². The number of aldehydes is 1. The minimum Gasteiger partial charge on any atom is -0.325 e. The van der Waals surface area contributed by atoms with E-state index in [1.807, 2.05) is 11.8 Å². The molecular weight excluding hydrogens is 256 g/mol. The van der Waals surface area contributed by atoms with Crippen LogP contribution in [0.25, 0.3) is 0 Å². The third-order valence-electron chi connectivity index (χ3n) is 6.08. The van der Waals surface area contributed by atoms with E-state index in [9.17, 15) is 4.79 Å². The fourth-order valence-corrected chi connectivity index (χ4v) is 7.03. The average Bonchev–Trinajstić information content (AvgIpc) is 2.79. The molecule has 19 heavy (non-hydrogen) atoms. The molecule has 3 atom stereocenters. The fourth-order valence-electron chi connectivity index (χ4n) is 6.02. The summed E-state index contributed by atoms with van der Waals surface area (Å²) in [7, 11) is 0. The van der Waals surface area contributed by atoms with Crippen LogP contribution in [0, 0.1) is 17.3 Å². The van der Waals surface area contributed by atoms with E-state index < -0.39 is 0 Å². The summed E-state index contributed by atoms with van der Waals surface area (Å²) >= 11 is 1.96. The Labute approximate surface area is 119 Å². The molecule has 3 nitrogen and oxygen atoms in total. The Hall–Kier alpha value is -0.0600. The molecule has 0 aromatic heterocycles. The number of carbonyl (C=O) groups excluding carboxylic acids is 1. The Bertz CT molecular complexity index is 380. The van der Waals surface area contributed by atoms with Crippen molar-refractivity contribution in [3.05, 3.63) is 0 Å². The molecule has 0 radical (unpaired) electrons. The summed E-state index contributed by atoms with van der Waals surface area (Å²) in [5.74, 6) is 3.81. The van der Waals surface area contributed by atoms with Crippen molar-refractivity contribution in [3.63, 3.8) is 0 Å². The zero-order chi connectivity index (χ0) is 13.1. The number of rotatable bonds is 3. The number of carbonyl (C=O) groups is 1. The van der Waals surface area contributed by atoms with Crippen molar-refractivity contribution >= 4 is 18.0 Å². The van der Waals surface area contributed by atoms with E-state index in [1.54, 1.807) is 0 Å². The monoisotopic (exact) mass is 280 g/mol. The Morgan fingerprint density at radius 2 is 2.00 bits per heavy atom. The highest BCUT2D eigenvalue weighted by molar-refractivity contribution is 7.99. The van der Waals surface area contributed by atoms with E-state index in [-0.39, 0.29) is 17.0 Å². The molecule has 4 heteroatoms. The maximum atomic E-state index is 11.8. The van der Waals surface area contributed by atoms with Crippen LogP contribution in [0.1, 0.15) is 38.5 Å². The van der Waals surface area contributed by atoms with Gasteiger partial charge in [0.1, 0.15) is 6.29 Å². The van der Waals surface area contributed by atoms with Crippen molar-refractivity contribution in [1.82, 2.24) is 4.90 Å². The minimum absolute atomic E-state index is 0.0538. The molecule has 5 rings (SSSR count). The number of nitrogens with two attached hydrogens (primary N) is 1. The molecule has 5 aliphatic rings. The van der Waals surface area contributed by atoms with Crippen molar-refractivity contribution in [2.75, 3.05) is 18.2 Å². The number of thioether (sulfide) groups is 1. The second-order valence-electron chi connectivity index (χ2n) is 7.62. The second kappa shape index (κ2) is 4.22. The Morgan fingerprint density at radius 3 is 2.53 bits per heavy atom. The number of hydrogen-bond acceptors (Lipinski definition) is 4. The van der Waals surface area contributed by atoms with Crippen LogP contribution in [0.3, 0.4) is 0 Å². The van der Waals surface area contributed by atoms with Gasteiger partial charge in [0.25, 0.3) is 0 Å². The highest BCUT2D eigenvalue weighted by atomic mass is 32.2. The van der Waals surface area contributed by atoms with Gasteiger partial charge in [-0.25, -0.2) is 0 Å². The van der Waals surface area contributed by atoms with Crippen LogP contribution >= 0.6 is 11.8 Å². The van der Waals surface area contributed by atoms with Gasteiger partial charge < -0.3 is 10.5 Å². The van der Waals surface area contributed by atoms with E-state index in [4.69, 9.17) is 5.73 Å². The van der Waals surface area contributed by atoms with Gasteiger partial charge in [-0.05, 0) is 55.8 Å². The molecule has 0 aromatic carbocycles. The predicted molar refractivity (Wildman–Crippen MR) is 77.9 cm³/mol. The lowest BCUT2D eigenvalue weighted by Crippen LogP contribution is -2.65. The van der Waals surface area contributed by atoms with Gasteiger partial charge in [0.15, 0.2) is 0 Å². The lowest BCUT2D eigenvalue weighted by atomic mass is 9.45. The van der Waals surface area contributed by atoms with Crippen LogP contribution in [0.4, 0.5) is 0 Å². The SMILES string of the molecule is NC12CC3CC(C1)CC(C(C=O)N1CCSC1)(C3)C2. The molecule has 5 fully saturated rings. The van der Waals surface area contributed by atoms with Gasteiger partial charge in [-0.3, -0.25) is 4.90 Å². The Kier molecular flexibility index (Phi) is 2.81. The summed E-state index contributed by atoms with van der Waals surface area (Å²) in [6.45, 7) is 1.09. The molecule has 1 saturated heterocycles. The molecular formula is C15H24N2OS.